The molecule has 3 rings (SSSR count). The first kappa shape index (κ1) is 17.0. The SMILES string of the molecule is Cc1ccc(NC(=O)Nc2nnc(N3CCCCC3C)s2)c(Cl)c1. The Morgan fingerprint density at radius 3 is 2.92 bits per heavy atom. The minimum Gasteiger partial charge on any atom is -0.344 e. The molecule has 1 aromatic heterocycles. The van der Waals surface area contributed by atoms with Crippen LogP contribution in [0.15, 0.2) is 18.2 Å². The van der Waals surface area contributed by atoms with Gasteiger partial charge in [-0.2, -0.15) is 0 Å². The topological polar surface area (TPSA) is 70.1 Å². The second-order valence-corrected chi connectivity index (χ2v) is 7.35. The molecule has 1 aliphatic heterocycles. The van der Waals surface area contributed by atoms with E-state index in [1.165, 1.54) is 24.2 Å². The standard InChI is InChI=1S/C16H20ClN5OS/c1-10-6-7-13(12(17)9-10)18-14(23)19-15-20-21-16(24-15)22-8-4-3-5-11(22)2/h6-7,9,11H,3-5,8H2,1-2H3,(H2,18,19,20,23). The van der Waals surface area contributed by atoms with Gasteiger partial charge in [-0.3, -0.25) is 5.32 Å². The van der Waals surface area contributed by atoms with Crippen molar-refractivity contribution in [2.24, 2.45) is 0 Å². The zero-order valence-electron chi connectivity index (χ0n) is 13.7. The molecule has 0 bridgehead atoms. The number of halogens is 1. The Balaban J connectivity index is 1.62. The van der Waals surface area contributed by atoms with Crippen LogP contribution in [-0.2, 0) is 0 Å². The highest BCUT2D eigenvalue weighted by atomic mass is 35.5. The Hall–Kier alpha value is -1.86. The van der Waals surface area contributed by atoms with Crippen LogP contribution in [0, 0.1) is 6.92 Å². The molecule has 2 heterocycles. The number of nitrogens with one attached hydrogen (secondary N) is 2. The first-order valence-electron chi connectivity index (χ1n) is 7.97. The van der Waals surface area contributed by atoms with Crippen molar-refractivity contribution in [1.29, 1.82) is 0 Å². The van der Waals surface area contributed by atoms with Gasteiger partial charge >= 0.3 is 6.03 Å². The van der Waals surface area contributed by atoms with Crippen LogP contribution in [-0.4, -0.2) is 28.8 Å². The molecule has 0 spiro atoms. The largest absolute Gasteiger partial charge is 0.344 e. The molecule has 0 aliphatic carbocycles. The molecule has 1 unspecified atom stereocenters. The monoisotopic (exact) mass is 365 g/mol. The average molecular weight is 366 g/mol. The van der Waals surface area contributed by atoms with Crippen molar-refractivity contribution in [1.82, 2.24) is 10.2 Å². The summed E-state index contributed by atoms with van der Waals surface area (Å²) in [7, 11) is 0. The highest BCUT2D eigenvalue weighted by molar-refractivity contribution is 7.19. The molecule has 2 N–H and O–H groups in total. The summed E-state index contributed by atoms with van der Waals surface area (Å²) in [6.07, 6.45) is 3.58. The highest BCUT2D eigenvalue weighted by Crippen LogP contribution is 2.30. The lowest BCUT2D eigenvalue weighted by Crippen LogP contribution is -2.37. The number of anilines is 3. The van der Waals surface area contributed by atoms with Crippen molar-refractivity contribution in [2.45, 2.75) is 39.2 Å². The summed E-state index contributed by atoms with van der Waals surface area (Å²) < 4.78 is 0. The van der Waals surface area contributed by atoms with Gasteiger partial charge < -0.3 is 10.2 Å². The van der Waals surface area contributed by atoms with E-state index in [0.29, 0.717) is 21.9 Å². The van der Waals surface area contributed by atoms with Crippen LogP contribution in [0.4, 0.5) is 20.7 Å². The van der Waals surface area contributed by atoms with Crippen molar-refractivity contribution >= 4 is 44.9 Å². The maximum atomic E-state index is 12.1. The first-order valence-corrected chi connectivity index (χ1v) is 9.16. The number of carbonyl (C=O) groups excluding carboxylic acids is 1. The second-order valence-electron chi connectivity index (χ2n) is 5.99. The predicted molar refractivity (Wildman–Crippen MR) is 99.4 cm³/mol. The lowest BCUT2D eigenvalue weighted by Gasteiger charge is -2.32. The molecule has 24 heavy (non-hydrogen) atoms. The van der Waals surface area contributed by atoms with Crippen LogP contribution in [0.3, 0.4) is 0 Å². The number of rotatable bonds is 3. The molecule has 1 saturated heterocycles. The molecule has 1 fully saturated rings. The summed E-state index contributed by atoms with van der Waals surface area (Å²) in [5, 5.41) is 15.5. The third-order valence-corrected chi connectivity index (χ3v) is 5.24. The van der Waals surface area contributed by atoms with Crippen molar-refractivity contribution in [2.75, 3.05) is 22.1 Å². The normalized spacial score (nSPS) is 17.6. The van der Waals surface area contributed by atoms with E-state index in [9.17, 15) is 4.79 Å². The molecular weight excluding hydrogens is 346 g/mol. The van der Waals surface area contributed by atoms with Crippen LogP contribution >= 0.6 is 22.9 Å². The smallest absolute Gasteiger partial charge is 0.325 e. The summed E-state index contributed by atoms with van der Waals surface area (Å²) >= 11 is 7.51. The maximum Gasteiger partial charge on any atom is 0.325 e. The summed E-state index contributed by atoms with van der Waals surface area (Å²) in [6, 6.07) is 5.55. The third-order valence-electron chi connectivity index (χ3n) is 4.06. The van der Waals surface area contributed by atoms with E-state index >= 15 is 0 Å². The molecule has 128 valence electrons. The first-order chi connectivity index (χ1) is 11.5. The number of urea groups is 1. The molecule has 0 saturated carbocycles. The lowest BCUT2D eigenvalue weighted by atomic mass is 10.1. The van der Waals surface area contributed by atoms with Gasteiger partial charge in [-0.15, -0.1) is 10.2 Å². The fourth-order valence-corrected chi connectivity index (χ4v) is 3.89. The number of amides is 2. The van der Waals surface area contributed by atoms with E-state index in [0.717, 1.165) is 23.7 Å². The Bertz CT molecular complexity index is 735. The van der Waals surface area contributed by atoms with Gasteiger partial charge in [0, 0.05) is 12.6 Å². The quantitative estimate of drug-likeness (QED) is 0.838. The predicted octanol–water partition coefficient (Wildman–Crippen LogP) is 4.52. The zero-order valence-corrected chi connectivity index (χ0v) is 15.2. The molecule has 1 atom stereocenters. The Labute approximate surface area is 150 Å². The van der Waals surface area contributed by atoms with Gasteiger partial charge in [0.15, 0.2) is 0 Å². The molecule has 0 radical (unpaired) electrons. The average Bonchev–Trinajstić information content (AvgIpc) is 2.99. The fraction of sp³-hybridized carbons (Fsp3) is 0.438. The van der Waals surface area contributed by atoms with Crippen LogP contribution < -0.4 is 15.5 Å². The summed E-state index contributed by atoms with van der Waals surface area (Å²) in [4.78, 5) is 14.4. The second kappa shape index (κ2) is 7.36. The van der Waals surface area contributed by atoms with Gasteiger partial charge in [-0.1, -0.05) is 29.0 Å². The number of hydrogen-bond donors (Lipinski definition) is 2. The van der Waals surface area contributed by atoms with Gasteiger partial charge in [-0.05, 0) is 50.8 Å². The van der Waals surface area contributed by atoms with Gasteiger partial charge in [0.2, 0.25) is 10.3 Å². The Morgan fingerprint density at radius 2 is 2.17 bits per heavy atom. The maximum absolute atomic E-state index is 12.1. The molecule has 6 nitrogen and oxygen atoms in total. The lowest BCUT2D eigenvalue weighted by molar-refractivity contribution is 0.262. The van der Waals surface area contributed by atoms with Crippen molar-refractivity contribution < 1.29 is 4.79 Å². The number of nitrogens with zero attached hydrogens (tertiary/aromatic N) is 3. The Morgan fingerprint density at radius 1 is 1.33 bits per heavy atom. The zero-order chi connectivity index (χ0) is 17.1. The van der Waals surface area contributed by atoms with Crippen LogP contribution in [0.2, 0.25) is 5.02 Å². The van der Waals surface area contributed by atoms with Gasteiger partial charge in [0.1, 0.15) is 0 Å². The van der Waals surface area contributed by atoms with Crippen LogP contribution in [0.1, 0.15) is 31.7 Å². The number of aryl methyl sites for hydroxylation is 1. The number of benzene rings is 1. The van der Waals surface area contributed by atoms with E-state index < -0.39 is 0 Å². The minimum absolute atomic E-state index is 0.379. The van der Waals surface area contributed by atoms with E-state index in [-0.39, 0.29) is 6.03 Å². The van der Waals surface area contributed by atoms with Gasteiger partial charge in [0.05, 0.1) is 10.7 Å². The molecule has 1 aromatic carbocycles. The number of hydrogen-bond acceptors (Lipinski definition) is 5. The van der Waals surface area contributed by atoms with E-state index in [1.54, 1.807) is 12.1 Å². The Kier molecular flexibility index (Phi) is 5.20. The summed E-state index contributed by atoms with van der Waals surface area (Å²) in [5.41, 5.74) is 1.60. The number of aromatic nitrogens is 2. The summed E-state index contributed by atoms with van der Waals surface area (Å²) in [5.74, 6) is 0. The minimum atomic E-state index is -0.379. The van der Waals surface area contributed by atoms with E-state index in [2.05, 4.69) is 32.7 Å². The molecule has 8 heteroatoms. The number of piperidine rings is 1. The van der Waals surface area contributed by atoms with E-state index in [4.69, 9.17) is 11.6 Å². The van der Waals surface area contributed by atoms with Crippen LogP contribution in [0.25, 0.3) is 0 Å². The third kappa shape index (κ3) is 3.96. The molecule has 2 amide bonds. The summed E-state index contributed by atoms with van der Waals surface area (Å²) in [6.45, 7) is 5.13. The fourth-order valence-electron chi connectivity index (χ4n) is 2.74. The van der Waals surface area contributed by atoms with Crippen molar-refractivity contribution in [3.8, 4) is 0 Å². The van der Waals surface area contributed by atoms with Crippen molar-refractivity contribution in [3.63, 3.8) is 0 Å². The van der Waals surface area contributed by atoms with E-state index in [1.807, 2.05) is 13.0 Å². The molecule has 2 aromatic rings. The highest BCUT2D eigenvalue weighted by Gasteiger charge is 2.22. The number of carbonyl (C=O) groups is 1. The van der Waals surface area contributed by atoms with Gasteiger partial charge in [-0.25, -0.2) is 4.79 Å². The molecule has 1 aliphatic rings. The van der Waals surface area contributed by atoms with Crippen LogP contribution in [0.5, 0.6) is 0 Å². The molecular formula is C16H20ClN5OS. The van der Waals surface area contributed by atoms with Gasteiger partial charge in [0.25, 0.3) is 0 Å². The van der Waals surface area contributed by atoms with Crippen molar-refractivity contribution in [3.05, 3.63) is 28.8 Å².